The summed E-state index contributed by atoms with van der Waals surface area (Å²) in [5, 5.41) is 13.0. The molecular formula is C15H33NO2. The zero-order chi connectivity index (χ0) is 14.0. The van der Waals surface area contributed by atoms with Crippen LogP contribution < -0.4 is 5.32 Å². The van der Waals surface area contributed by atoms with E-state index in [2.05, 4.69) is 39.9 Å². The molecular weight excluding hydrogens is 226 g/mol. The molecule has 0 aromatic rings. The molecule has 3 heteroatoms. The lowest BCUT2D eigenvalue weighted by atomic mass is 9.90. The second kappa shape index (κ2) is 9.76. The van der Waals surface area contributed by atoms with E-state index in [0.717, 1.165) is 31.9 Å². The summed E-state index contributed by atoms with van der Waals surface area (Å²) in [5.74, 6) is 0.733. The second-order valence-corrected chi connectivity index (χ2v) is 6.41. The van der Waals surface area contributed by atoms with Gasteiger partial charge in [-0.05, 0) is 30.6 Å². The first-order valence-electron chi connectivity index (χ1n) is 7.34. The number of aliphatic hydroxyl groups excluding tert-OH is 1. The zero-order valence-corrected chi connectivity index (χ0v) is 13.0. The molecule has 1 unspecified atom stereocenters. The SMILES string of the molecule is CCC(C)(C)CNCC(O)COCCCC(C)C. The van der Waals surface area contributed by atoms with E-state index >= 15 is 0 Å². The second-order valence-electron chi connectivity index (χ2n) is 6.41. The highest BCUT2D eigenvalue weighted by Gasteiger charge is 2.14. The Labute approximate surface area is 113 Å². The van der Waals surface area contributed by atoms with Crippen LogP contribution in [0.5, 0.6) is 0 Å². The van der Waals surface area contributed by atoms with Crippen LogP contribution in [0, 0.1) is 11.3 Å². The molecule has 0 bridgehead atoms. The fraction of sp³-hybridized carbons (Fsp3) is 1.00. The van der Waals surface area contributed by atoms with Crippen molar-refractivity contribution in [2.45, 2.75) is 60.0 Å². The molecule has 0 aliphatic rings. The maximum Gasteiger partial charge on any atom is 0.0897 e. The predicted molar refractivity (Wildman–Crippen MR) is 77.8 cm³/mol. The van der Waals surface area contributed by atoms with Crippen molar-refractivity contribution in [2.24, 2.45) is 11.3 Å². The fourth-order valence-electron chi connectivity index (χ4n) is 1.57. The van der Waals surface area contributed by atoms with E-state index in [1.54, 1.807) is 0 Å². The first-order valence-corrected chi connectivity index (χ1v) is 7.34. The molecule has 3 nitrogen and oxygen atoms in total. The molecule has 0 amide bonds. The van der Waals surface area contributed by atoms with Gasteiger partial charge in [-0.15, -0.1) is 0 Å². The molecule has 0 fully saturated rings. The van der Waals surface area contributed by atoms with Crippen LogP contribution in [0.25, 0.3) is 0 Å². The molecule has 0 aliphatic heterocycles. The quantitative estimate of drug-likeness (QED) is 0.561. The zero-order valence-electron chi connectivity index (χ0n) is 13.0. The molecule has 0 aromatic heterocycles. The van der Waals surface area contributed by atoms with Gasteiger partial charge >= 0.3 is 0 Å². The molecule has 0 aliphatic carbocycles. The van der Waals surface area contributed by atoms with Crippen molar-refractivity contribution in [3.05, 3.63) is 0 Å². The highest BCUT2D eigenvalue weighted by Crippen LogP contribution is 2.17. The number of rotatable bonds is 11. The van der Waals surface area contributed by atoms with Gasteiger partial charge in [-0.1, -0.05) is 34.6 Å². The molecule has 110 valence electrons. The Morgan fingerprint density at radius 1 is 1.28 bits per heavy atom. The minimum Gasteiger partial charge on any atom is -0.389 e. The van der Waals surface area contributed by atoms with Crippen LogP contribution >= 0.6 is 0 Å². The largest absolute Gasteiger partial charge is 0.389 e. The Morgan fingerprint density at radius 2 is 1.94 bits per heavy atom. The summed E-state index contributed by atoms with van der Waals surface area (Å²) in [5.41, 5.74) is 0.303. The molecule has 0 heterocycles. The van der Waals surface area contributed by atoms with Crippen LogP contribution in [0.2, 0.25) is 0 Å². The van der Waals surface area contributed by atoms with Gasteiger partial charge in [0.25, 0.3) is 0 Å². The molecule has 0 aromatic carbocycles. The third kappa shape index (κ3) is 11.0. The lowest BCUT2D eigenvalue weighted by Crippen LogP contribution is -2.36. The summed E-state index contributed by atoms with van der Waals surface area (Å²) in [7, 11) is 0. The summed E-state index contributed by atoms with van der Waals surface area (Å²) >= 11 is 0. The van der Waals surface area contributed by atoms with Gasteiger partial charge < -0.3 is 15.2 Å². The van der Waals surface area contributed by atoms with Crippen molar-refractivity contribution in [2.75, 3.05) is 26.3 Å². The van der Waals surface area contributed by atoms with Gasteiger partial charge in [0.05, 0.1) is 12.7 Å². The van der Waals surface area contributed by atoms with Gasteiger partial charge in [-0.2, -0.15) is 0 Å². The van der Waals surface area contributed by atoms with Crippen LogP contribution in [-0.2, 0) is 4.74 Å². The molecule has 0 radical (unpaired) electrons. The van der Waals surface area contributed by atoms with Crippen LogP contribution in [-0.4, -0.2) is 37.5 Å². The van der Waals surface area contributed by atoms with E-state index < -0.39 is 6.10 Å². The van der Waals surface area contributed by atoms with Gasteiger partial charge in [-0.25, -0.2) is 0 Å². The Bertz CT molecular complexity index is 193. The monoisotopic (exact) mass is 259 g/mol. The van der Waals surface area contributed by atoms with Crippen LogP contribution in [0.4, 0.5) is 0 Å². The van der Waals surface area contributed by atoms with Gasteiger partial charge in [0.2, 0.25) is 0 Å². The summed E-state index contributed by atoms with van der Waals surface area (Å²) < 4.78 is 5.46. The molecule has 0 saturated carbocycles. The van der Waals surface area contributed by atoms with Gasteiger partial charge in [-0.3, -0.25) is 0 Å². The lowest BCUT2D eigenvalue weighted by Gasteiger charge is -2.24. The van der Waals surface area contributed by atoms with E-state index in [-0.39, 0.29) is 0 Å². The van der Waals surface area contributed by atoms with Gasteiger partial charge in [0.15, 0.2) is 0 Å². The number of aliphatic hydroxyl groups is 1. The van der Waals surface area contributed by atoms with Crippen molar-refractivity contribution < 1.29 is 9.84 Å². The summed E-state index contributed by atoms with van der Waals surface area (Å²) in [6, 6.07) is 0. The number of hydrogen-bond acceptors (Lipinski definition) is 3. The van der Waals surface area contributed by atoms with E-state index in [1.165, 1.54) is 6.42 Å². The topological polar surface area (TPSA) is 41.5 Å². The van der Waals surface area contributed by atoms with E-state index in [1.807, 2.05) is 0 Å². The maximum atomic E-state index is 9.74. The smallest absolute Gasteiger partial charge is 0.0897 e. The highest BCUT2D eigenvalue weighted by molar-refractivity contribution is 4.70. The molecule has 18 heavy (non-hydrogen) atoms. The molecule has 2 N–H and O–H groups in total. The highest BCUT2D eigenvalue weighted by atomic mass is 16.5. The van der Waals surface area contributed by atoms with Gasteiger partial charge in [0.1, 0.15) is 0 Å². The Balaban J connectivity index is 3.40. The summed E-state index contributed by atoms with van der Waals surface area (Å²) in [6.45, 7) is 13.8. The van der Waals surface area contributed by atoms with E-state index in [9.17, 15) is 5.11 Å². The molecule has 0 saturated heterocycles. The number of hydrogen-bond donors (Lipinski definition) is 2. The van der Waals surface area contributed by atoms with Crippen molar-refractivity contribution in [3.8, 4) is 0 Å². The van der Waals surface area contributed by atoms with E-state index in [0.29, 0.717) is 18.6 Å². The lowest BCUT2D eigenvalue weighted by molar-refractivity contribution is 0.0337. The molecule has 0 spiro atoms. The van der Waals surface area contributed by atoms with Crippen molar-refractivity contribution in [3.63, 3.8) is 0 Å². The van der Waals surface area contributed by atoms with Crippen molar-refractivity contribution in [1.29, 1.82) is 0 Å². The predicted octanol–water partition coefficient (Wildman–Crippen LogP) is 2.83. The number of nitrogens with one attached hydrogen (secondary N) is 1. The minimum absolute atomic E-state index is 0.303. The Morgan fingerprint density at radius 3 is 2.50 bits per heavy atom. The first kappa shape index (κ1) is 17.9. The Hall–Kier alpha value is -0.120. The average Bonchev–Trinajstić information content (AvgIpc) is 2.28. The van der Waals surface area contributed by atoms with E-state index in [4.69, 9.17) is 4.74 Å². The fourth-order valence-corrected chi connectivity index (χ4v) is 1.57. The molecule has 0 rings (SSSR count). The number of ether oxygens (including phenoxy) is 1. The Kier molecular flexibility index (Phi) is 9.70. The van der Waals surface area contributed by atoms with Gasteiger partial charge in [0, 0.05) is 19.7 Å². The minimum atomic E-state index is -0.392. The van der Waals surface area contributed by atoms with Crippen molar-refractivity contribution in [1.82, 2.24) is 5.32 Å². The maximum absolute atomic E-state index is 9.74. The summed E-state index contributed by atoms with van der Waals surface area (Å²) in [6.07, 6.45) is 3.03. The van der Waals surface area contributed by atoms with Crippen LogP contribution in [0.3, 0.4) is 0 Å². The third-order valence-electron chi connectivity index (χ3n) is 3.32. The van der Waals surface area contributed by atoms with Crippen molar-refractivity contribution >= 4 is 0 Å². The third-order valence-corrected chi connectivity index (χ3v) is 3.32. The first-order chi connectivity index (χ1) is 8.37. The standard InChI is InChI=1S/C15H33NO2/c1-6-15(4,5)12-16-10-14(17)11-18-9-7-8-13(2)3/h13-14,16-17H,6-12H2,1-5H3. The molecule has 1 atom stereocenters. The van der Waals surface area contributed by atoms with Crippen LogP contribution in [0.1, 0.15) is 53.9 Å². The summed E-state index contributed by atoms with van der Waals surface area (Å²) in [4.78, 5) is 0. The average molecular weight is 259 g/mol. The van der Waals surface area contributed by atoms with Crippen LogP contribution in [0.15, 0.2) is 0 Å². The normalized spacial score (nSPS) is 14.2.